The zero-order chi connectivity index (χ0) is 19.8. The van der Waals surface area contributed by atoms with Gasteiger partial charge in [-0.1, -0.05) is 6.07 Å². The Labute approximate surface area is 156 Å². The number of fused-ring (bicyclic) bond motifs is 1. The molecule has 3 aromatic rings. The molecule has 10 heteroatoms. The van der Waals surface area contributed by atoms with E-state index in [1.54, 1.807) is 45.2 Å². The Hall–Kier alpha value is -2.85. The van der Waals surface area contributed by atoms with Gasteiger partial charge in [-0.15, -0.1) is 5.10 Å². The van der Waals surface area contributed by atoms with Crippen LogP contribution in [0, 0.1) is 6.92 Å². The van der Waals surface area contributed by atoms with Gasteiger partial charge in [0.25, 0.3) is 11.7 Å². The molecule has 1 amide bonds. The Balaban J connectivity index is 1.85. The van der Waals surface area contributed by atoms with E-state index in [0.717, 1.165) is 5.69 Å². The smallest absolute Gasteiger partial charge is 0.295 e. The van der Waals surface area contributed by atoms with Gasteiger partial charge in [-0.25, -0.2) is 22.6 Å². The lowest BCUT2D eigenvalue weighted by molar-refractivity contribution is 0.101. The van der Waals surface area contributed by atoms with Crippen molar-refractivity contribution in [2.24, 2.45) is 0 Å². The SMILES string of the molecule is Cc1ccnc2nc(C(=O)Nc3cccc(S(=O)(=O)NC(C)(C)C)c3)nn12. The van der Waals surface area contributed by atoms with E-state index in [4.69, 9.17) is 0 Å². The highest BCUT2D eigenvalue weighted by atomic mass is 32.2. The van der Waals surface area contributed by atoms with Crippen LogP contribution in [0.3, 0.4) is 0 Å². The number of hydrogen-bond donors (Lipinski definition) is 2. The Morgan fingerprint density at radius 1 is 1.19 bits per heavy atom. The molecule has 0 radical (unpaired) electrons. The third kappa shape index (κ3) is 4.29. The summed E-state index contributed by atoms with van der Waals surface area (Å²) in [4.78, 5) is 20.6. The zero-order valence-corrected chi connectivity index (χ0v) is 16.2. The second-order valence-corrected chi connectivity index (χ2v) is 8.75. The Bertz CT molecular complexity index is 1120. The van der Waals surface area contributed by atoms with E-state index in [0.29, 0.717) is 11.5 Å². The standard InChI is InChI=1S/C17H20N6O3S/c1-11-8-9-18-16-20-14(21-23(11)16)15(24)19-12-6-5-7-13(10-12)27(25,26)22-17(2,3)4/h5-10,22H,1-4H3,(H,19,24). The quantitative estimate of drug-likeness (QED) is 0.703. The van der Waals surface area contributed by atoms with Crippen molar-refractivity contribution < 1.29 is 13.2 Å². The van der Waals surface area contributed by atoms with Gasteiger partial charge < -0.3 is 5.32 Å². The van der Waals surface area contributed by atoms with Crippen molar-refractivity contribution in [2.75, 3.05) is 5.32 Å². The van der Waals surface area contributed by atoms with Crippen LogP contribution in [0.25, 0.3) is 5.78 Å². The molecule has 0 saturated carbocycles. The van der Waals surface area contributed by atoms with Crippen LogP contribution in [0.15, 0.2) is 41.4 Å². The fourth-order valence-corrected chi connectivity index (χ4v) is 3.86. The number of sulfonamides is 1. The Morgan fingerprint density at radius 3 is 2.59 bits per heavy atom. The van der Waals surface area contributed by atoms with E-state index in [2.05, 4.69) is 25.1 Å². The van der Waals surface area contributed by atoms with Gasteiger partial charge in [-0.05, 0) is 52.0 Å². The summed E-state index contributed by atoms with van der Waals surface area (Å²) < 4.78 is 28.9. The summed E-state index contributed by atoms with van der Waals surface area (Å²) in [5.74, 6) is -0.304. The van der Waals surface area contributed by atoms with Gasteiger partial charge in [-0.3, -0.25) is 4.79 Å². The molecule has 0 fully saturated rings. The number of carbonyl (C=O) groups excluding carboxylic acids is 1. The molecule has 0 saturated heterocycles. The van der Waals surface area contributed by atoms with Crippen molar-refractivity contribution in [3.8, 4) is 0 Å². The van der Waals surface area contributed by atoms with Gasteiger partial charge in [0.1, 0.15) is 0 Å². The maximum atomic E-state index is 12.5. The number of nitrogens with zero attached hydrogens (tertiary/aromatic N) is 4. The largest absolute Gasteiger partial charge is 0.319 e. The zero-order valence-electron chi connectivity index (χ0n) is 15.4. The minimum Gasteiger partial charge on any atom is -0.319 e. The molecular weight excluding hydrogens is 368 g/mol. The summed E-state index contributed by atoms with van der Waals surface area (Å²) in [6.45, 7) is 7.07. The van der Waals surface area contributed by atoms with Crippen LogP contribution in [0.5, 0.6) is 0 Å². The number of anilines is 1. The molecule has 27 heavy (non-hydrogen) atoms. The minimum atomic E-state index is -3.71. The van der Waals surface area contributed by atoms with Gasteiger partial charge in [0, 0.05) is 23.1 Å². The summed E-state index contributed by atoms with van der Waals surface area (Å²) >= 11 is 0. The van der Waals surface area contributed by atoms with Crippen molar-refractivity contribution in [3.63, 3.8) is 0 Å². The third-order valence-corrected chi connectivity index (χ3v) is 5.23. The van der Waals surface area contributed by atoms with Crippen LogP contribution < -0.4 is 10.0 Å². The molecule has 2 N–H and O–H groups in total. The predicted molar refractivity (Wildman–Crippen MR) is 100.0 cm³/mol. The first-order chi connectivity index (χ1) is 12.5. The monoisotopic (exact) mass is 388 g/mol. The molecule has 0 unspecified atom stereocenters. The van der Waals surface area contributed by atoms with Crippen molar-refractivity contribution in [1.29, 1.82) is 0 Å². The molecular formula is C17H20N6O3S. The first-order valence-electron chi connectivity index (χ1n) is 8.19. The van der Waals surface area contributed by atoms with Crippen LogP contribution in [-0.4, -0.2) is 39.4 Å². The highest BCUT2D eigenvalue weighted by Crippen LogP contribution is 2.18. The molecule has 9 nitrogen and oxygen atoms in total. The summed E-state index contributed by atoms with van der Waals surface area (Å²) in [6.07, 6.45) is 1.58. The predicted octanol–water partition coefficient (Wildman–Crippen LogP) is 1.76. The second-order valence-electron chi connectivity index (χ2n) is 7.07. The fraction of sp³-hybridized carbons (Fsp3) is 0.294. The van der Waals surface area contributed by atoms with Crippen molar-refractivity contribution >= 4 is 27.4 Å². The van der Waals surface area contributed by atoms with E-state index in [9.17, 15) is 13.2 Å². The van der Waals surface area contributed by atoms with Crippen LogP contribution in [0.4, 0.5) is 5.69 Å². The molecule has 2 heterocycles. The number of hydrogen-bond acceptors (Lipinski definition) is 6. The lowest BCUT2D eigenvalue weighted by atomic mass is 10.1. The number of aryl methyl sites for hydroxylation is 1. The molecule has 0 spiro atoms. The van der Waals surface area contributed by atoms with Crippen molar-refractivity contribution in [3.05, 3.63) is 48.0 Å². The molecule has 142 valence electrons. The summed E-state index contributed by atoms with van der Waals surface area (Å²) in [5.41, 5.74) is 0.483. The van der Waals surface area contributed by atoms with Gasteiger partial charge in [0.15, 0.2) is 0 Å². The van der Waals surface area contributed by atoms with E-state index in [1.807, 2.05) is 6.92 Å². The van der Waals surface area contributed by atoms with E-state index < -0.39 is 21.5 Å². The number of amides is 1. The molecule has 0 aliphatic heterocycles. The van der Waals surface area contributed by atoms with Crippen LogP contribution in [0.1, 0.15) is 37.1 Å². The average molecular weight is 388 g/mol. The van der Waals surface area contributed by atoms with Gasteiger partial charge >= 0.3 is 0 Å². The first kappa shape index (κ1) is 18.9. The normalized spacial score (nSPS) is 12.3. The summed E-state index contributed by atoms with van der Waals surface area (Å²) in [7, 11) is -3.71. The van der Waals surface area contributed by atoms with Gasteiger partial charge in [0.05, 0.1) is 4.90 Å². The highest BCUT2D eigenvalue weighted by molar-refractivity contribution is 7.89. The molecule has 3 rings (SSSR count). The molecule has 0 aliphatic rings. The van der Waals surface area contributed by atoms with Gasteiger partial charge in [-0.2, -0.15) is 4.98 Å². The molecule has 1 aromatic carbocycles. The van der Waals surface area contributed by atoms with E-state index in [1.165, 1.54) is 16.6 Å². The topological polar surface area (TPSA) is 118 Å². The van der Waals surface area contributed by atoms with Gasteiger partial charge in [0.2, 0.25) is 15.8 Å². The van der Waals surface area contributed by atoms with E-state index >= 15 is 0 Å². The fourth-order valence-electron chi connectivity index (χ4n) is 2.39. The Morgan fingerprint density at radius 2 is 1.93 bits per heavy atom. The first-order valence-corrected chi connectivity index (χ1v) is 9.67. The van der Waals surface area contributed by atoms with Crippen LogP contribution in [-0.2, 0) is 10.0 Å². The summed E-state index contributed by atoms with van der Waals surface area (Å²) in [5, 5.41) is 6.75. The maximum Gasteiger partial charge on any atom is 0.295 e. The summed E-state index contributed by atoms with van der Waals surface area (Å²) in [6, 6.07) is 7.73. The number of carbonyl (C=O) groups is 1. The second kappa shape index (κ2) is 6.71. The Kier molecular flexibility index (Phi) is 4.70. The number of benzene rings is 1. The average Bonchev–Trinajstić information content (AvgIpc) is 2.99. The van der Waals surface area contributed by atoms with Crippen LogP contribution >= 0.6 is 0 Å². The number of aromatic nitrogens is 4. The third-order valence-electron chi connectivity index (χ3n) is 3.48. The highest BCUT2D eigenvalue weighted by Gasteiger charge is 2.22. The maximum absolute atomic E-state index is 12.5. The molecule has 0 atom stereocenters. The number of rotatable bonds is 4. The van der Waals surface area contributed by atoms with E-state index in [-0.39, 0.29) is 10.7 Å². The molecule has 0 aliphatic carbocycles. The lowest BCUT2D eigenvalue weighted by Gasteiger charge is -2.20. The molecule has 0 bridgehead atoms. The number of nitrogens with one attached hydrogen (secondary N) is 2. The van der Waals surface area contributed by atoms with Crippen molar-refractivity contribution in [2.45, 2.75) is 38.1 Å². The minimum absolute atomic E-state index is 0.0516. The van der Waals surface area contributed by atoms with Crippen molar-refractivity contribution in [1.82, 2.24) is 24.3 Å². The molecule has 2 aromatic heterocycles. The van der Waals surface area contributed by atoms with Crippen LogP contribution in [0.2, 0.25) is 0 Å². The lowest BCUT2D eigenvalue weighted by Crippen LogP contribution is -2.40.